The Morgan fingerprint density at radius 2 is 1.86 bits per heavy atom. The highest BCUT2D eigenvalue weighted by Gasteiger charge is 2.21. The van der Waals surface area contributed by atoms with Gasteiger partial charge in [-0.1, -0.05) is 43.5 Å². The molecule has 2 rings (SSSR count). The van der Waals surface area contributed by atoms with E-state index in [1.807, 2.05) is 31.2 Å². The number of aliphatic hydroxyl groups is 2. The van der Waals surface area contributed by atoms with Crippen molar-refractivity contribution in [2.45, 2.75) is 57.6 Å². The minimum absolute atomic E-state index is 0.205. The monoisotopic (exact) mass is 291 g/mol. The molecule has 1 aliphatic rings. The van der Waals surface area contributed by atoms with Crippen molar-refractivity contribution < 1.29 is 10.2 Å². The molecule has 0 saturated heterocycles. The Balaban J connectivity index is 1.90. The van der Waals surface area contributed by atoms with Gasteiger partial charge in [0.1, 0.15) is 0 Å². The third kappa shape index (κ3) is 4.80. The molecule has 0 aliphatic heterocycles. The van der Waals surface area contributed by atoms with Gasteiger partial charge >= 0.3 is 0 Å². The van der Waals surface area contributed by atoms with Crippen molar-refractivity contribution in [1.82, 2.24) is 4.90 Å². The molecule has 1 aromatic rings. The molecule has 1 aliphatic carbocycles. The van der Waals surface area contributed by atoms with Crippen LogP contribution in [0.15, 0.2) is 24.3 Å². The summed E-state index contributed by atoms with van der Waals surface area (Å²) in [6.45, 7) is 3.84. The number of hydrogen-bond donors (Lipinski definition) is 2. The maximum absolute atomic E-state index is 10.4. The second-order valence-electron chi connectivity index (χ2n) is 6.21. The van der Waals surface area contributed by atoms with E-state index in [1.165, 1.54) is 32.1 Å². The minimum Gasteiger partial charge on any atom is -0.395 e. The Kier molecular flexibility index (Phi) is 6.68. The molecular formula is C18H29NO2. The molecule has 1 aromatic carbocycles. The average molecular weight is 291 g/mol. The van der Waals surface area contributed by atoms with Crippen LogP contribution in [-0.4, -0.2) is 40.9 Å². The van der Waals surface area contributed by atoms with Crippen molar-refractivity contribution in [3.05, 3.63) is 35.4 Å². The molecule has 0 spiro atoms. The van der Waals surface area contributed by atoms with E-state index in [2.05, 4.69) is 4.90 Å². The number of rotatable bonds is 7. The summed E-state index contributed by atoms with van der Waals surface area (Å²) < 4.78 is 0. The Hall–Kier alpha value is -0.900. The van der Waals surface area contributed by atoms with Crippen LogP contribution in [0, 0.1) is 6.92 Å². The zero-order chi connectivity index (χ0) is 15.1. The molecule has 2 N–H and O–H groups in total. The molecule has 3 nitrogen and oxygen atoms in total. The van der Waals surface area contributed by atoms with Gasteiger partial charge in [-0.2, -0.15) is 0 Å². The van der Waals surface area contributed by atoms with Gasteiger partial charge in [0.15, 0.2) is 0 Å². The molecule has 1 saturated carbocycles. The maximum atomic E-state index is 10.4. The fourth-order valence-corrected chi connectivity index (χ4v) is 3.46. The lowest BCUT2D eigenvalue weighted by atomic mass is 9.93. The van der Waals surface area contributed by atoms with Gasteiger partial charge in [0.05, 0.1) is 12.7 Å². The first-order valence-electron chi connectivity index (χ1n) is 8.31. The van der Waals surface area contributed by atoms with Crippen LogP contribution in [0.3, 0.4) is 0 Å². The van der Waals surface area contributed by atoms with Gasteiger partial charge in [0.25, 0.3) is 0 Å². The van der Waals surface area contributed by atoms with E-state index in [9.17, 15) is 10.2 Å². The Labute approximate surface area is 128 Å². The summed E-state index contributed by atoms with van der Waals surface area (Å²) in [5, 5.41) is 19.7. The Morgan fingerprint density at radius 1 is 1.14 bits per heavy atom. The summed E-state index contributed by atoms with van der Waals surface area (Å²) in [6.07, 6.45) is 6.74. The van der Waals surface area contributed by atoms with Crippen molar-refractivity contribution in [3.8, 4) is 0 Å². The fraction of sp³-hybridized carbons (Fsp3) is 0.667. The highest BCUT2D eigenvalue weighted by atomic mass is 16.3. The van der Waals surface area contributed by atoms with E-state index in [0.29, 0.717) is 6.04 Å². The summed E-state index contributed by atoms with van der Waals surface area (Å²) in [5.74, 6) is 0. The predicted molar refractivity (Wildman–Crippen MR) is 86.3 cm³/mol. The number of aryl methyl sites for hydroxylation is 1. The second-order valence-corrected chi connectivity index (χ2v) is 6.21. The van der Waals surface area contributed by atoms with Gasteiger partial charge in [-0.15, -0.1) is 0 Å². The van der Waals surface area contributed by atoms with Crippen molar-refractivity contribution in [1.29, 1.82) is 0 Å². The zero-order valence-electron chi connectivity index (χ0n) is 13.2. The highest BCUT2D eigenvalue weighted by Crippen LogP contribution is 2.25. The van der Waals surface area contributed by atoms with Gasteiger partial charge < -0.3 is 10.2 Å². The fourth-order valence-electron chi connectivity index (χ4n) is 3.46. The van der Waals surface area contributed by atoms with Crippen LogP contribution in [0.1, 0.15) is 55.8 Å². The number of hydrogen-bond acceptors (Lipinski definition) is 3. The van der Waals surface area contributed by atoms with E-state index in [-0.39, 0.29) is 6.61 Å². The molecule has 0 bridgehead atoms. The summed E-state index contributed by atoms with van der Waals surface area (Å²) in [5.41, 5.74) is 2.18. The summed E-state index contributed by atoms with van der Waals surface area (Å²) in [7, 11) is 0. The van der Waals surface area contributed by atoms with Crippen LogP contribution in [0.4, 0.5) is 0 Å². The largest absolute Gasteiger partial charge is 0.395 e. The lowest BCUT2D eigenvalue weighted by Gasteiger charge is -2.34. The van der Waals surface area contributed by atoms with Crippen LogP contribution < -0.4 is 0 Å². The average Bonchev–Trinajstić information content (AvgIpc) is 2.52. The minimum atomic E-state index is -0.406. The van der Waals surface area contributed by atoms with E-state index < -0.39 is 6.10 Å². The first-order chi connectivity index (χ1) is 10.2. The lowest BCUT2D eigenvalue weighted by molar-refractivity contribution is 0.0921. The molecule has 1 fully saturated rings. The van der Waals surface area contributed by atoms with Crippen LogP contribution in [0.5, 0.6) is 0 Å². The summed E-state index contributed by atoms with van der Waals surface area (Å²) in [4.78, 5) is 2.38. The van der Waals surface area contributed by atoms with Gasteiger partial charge in [-0.3, -0.25) is 4.90 Å². The zero-order valence-corrected chi connectivity index (χ0v) is 13.2. The molecule has 0 radical (unpaired) electrons. The smallest absolute Gasteiger partial charge is 0.0804 e. The van der Waals surface area contributed by atoms with Crippen molar-refractivity contribution >= 4 is 0 Å². The van der Waals surface area contributed by atoms with E-state index in [1.54, 1.807) is 0 Å². The molecule has 3 heteroatoms. The molecule has 1 atom stereocenters. The second kappa shape index (κ2) is 8.52. The van der Waals surface area contributed by atoms with E-state index in [0.717, 1.165) is 30.6 Å². The predicted octanol–water partition coefficient (Wildman–Crippen LogP) is 3.05. The molecule has 0 heterocycles. The third-order valence-electron chi connectivity index (χ3n) is 4.72. The molecule has 0 amide bonds. The standard InChI is InChI=1S/C18H29NO2/c1-15-7-5-6-10-17(15)18(21)11-12-19(13-14-20)16-8-3-2-4-9-16/h5-7,10,16,18,20-21H,2-4,8-9,11-14H2,1H3. The van der Waals surface area contributed by atoms with Crippen LogP contribution in [-0.2, 0) is 0 Å². The first-order valence-corrected chi connectivity index (χ1v) is 8.31. The number of aliphatic hydroxyl groups excluding tert-OH is 2. The maximum Gasteiger partial charge on any atom is 0.0804 e. The highest BCUT2D eigenvalue weighted by molar-refractivity contribution is 5.27. The molecular weight excluding hydrogens is 262 g/mol. The lowest BCUT2D eigenvalue weighted by Crippen LogP contribution is -2.39. The SMILES string of the molecule is Cc1ccccc1C(O)CCN(CCO)C1CCCCC1. The normalized spacial score (nSPS) is 18.1. The number of nitrogens with zero attached hydrogens (tertiary/aromatic N) is 1. The number of benzene rings is 1. The van der Waals surface area contributed by atoms with Gasteiger partial charge in [0, 0.05) is 19.1 Å². The van der Waals surface area contributed by atoms with E-state index >= 15 is 0 Å². The molecule has 21 heavy (non-hydrogen) atoms. The van der Waals surface area contributed by atoms with Crippen molar-refractivity contribution in [2.24, 2.45) is 0 Å². The first kappa shape index (κ1) is 16.5. The van der Waals surface area contributed by atoms with Crippen LogP contribution in [0.2, 0.25) is 0 Å². The van der Waals surface area contributed by atoms with Crippen LogP contribution in [0.25, 0.3) is 0 Å². The molecule has 118 valence electrons. The molecule has 0 aromatic heterocycles. The summed E-state index contributed by atoms with van der Waals surface area (Å²) >= 11 is 0. The quantitative estimate of drug-likeness (QED) is 0.811. The van der Waals surface area contributed by atoms with Crippen molar-refractivity contribution in [3.63, 3.8) is 0 Å². The Bertz CT molecular complexity index is 415. The topological polar surface area (TPSA) is 43.7 Å². The van der Waals surface area contributed by atoms with Gasteiger partial charge in [0.2, 0.25) is 0 Å². The third-order valence-corrected chi connectivity index (χ3v) is 4.72. The Morgan fingerprint density at radius 3 is 2.52 bits per heavy atom. The van der Waals surface area contributed by atoms with Crippen LogP contribution >= 0.6 is 0 Å². The summed E-state index contributed by atoms with van der Waals surface area (Å²) in [6, 6.07) is 8.64. The molecule has 1 unspecified atom stereocenters. The van der Waals surface area contributed by atoms with Gasteiger partial charge in [-0.25, -0.2) is 0 Å². The van der Waals surface area contributed by atoms with E-state index in [4.69, 9.17) is 0 Å². The van der Waals surface area contributed by atoms with Gasteiger partial charge in [-0.05, 0) is 37.3 Å². The van der Waals surface area contributed by atoms with Crippen molar-refractivity contribution in [2.75, 3.05) is 19.7 Å².